The number of hydrogen-bond donors (Lipinski definition) is 1. The summed E-state index contributed by atoms with van der Waals surface area (Å²) in [6.45, 7) is 1.58. The quantitative estimate of drug-likeness (QED) is 0.222. The number of nitrogens with zero attached hydrogens (tertiary/aromatic N) is 3. The molecule has 4 nitrogen and oxygen atoms in total. The van der Waals surface area contributed by atoms with Crippen LogP contribution >= 0.6 is 11.6 Å². The molecule has 0 saturated heterocycles. The molecule has 9 heteroatoms. The Bertz CT molecular complexity index is 1360. The molecule has 0 fully saturated rings. The Labute approximate surface area is 205 Å². The predicted molar refractivity (Wildman–Crippen MR) is 132 cm³/mol. The summed E-state index contributed by atoms with van der Waals surface area (Å²) in [6, 6.07) is 14.7. The van der Waals surface area contributed by atoms with E-state index < -0.39 is 17.6 Å². The number of anilines is 1. The number of aromatic nitrogens is 2. The van der Waals surface area contributed by atoms with Gasteiger partial charge in [0.25, 0.3) is 0 Å². The molecule has 182 valence electrons. The van der Waals surface area contributed by atoms with E-state index in [1.807, 2.05) is 31.1 Å². The highest BCUT2D eigenvalue weighted by molar-refractivity contribution is 6.35. The Morgan fingerprint density at radius 1 is 0.943 bits per heavy atom. The van der Waals surface area contributed by atoms with Crippen molar-refractivity contribution in [2.45, 2.75) is 12.6 Å². The minimum absolute atomic E-state index is 0.113. The van der Waals surface area contributed by atoms with Gasteiger partial charge < -0.3 is 10.2 Å². The number of para-hydroxylation sites is 1. The third kappa shape index (κ3) is 5.55. The fourth-order valence-corrected chi connectivity index (χ4v) is 4.09. The Hall–Kier alpha value is -3.23. The van der Waals surface area contributed by atoms with Crippen LogP contribution in [0.1, 0.15) is 12.0 Å². The van der Waals surface area contributed by atoms with Gasteiger partial charge in [-0.15, -0.1) is 0 Å². The number of alkyl halides is 3. The molecule has 0 amide bonds. The predicted octanol–water partition coefficient (Wildman–Crippen LogP) is 6.82. The second-order valence-electron chi connectivity index (χ2n) is 8.19. The summed E-state index contributed by atoms with van der Waals surface area (Å²) in [7, 11) is 3.82. The van der Waals surface area contributed by atoms with Crippen LogP contribution in [0.2, 0.25) is 5.02 Å². The molecule has 0 unspecified atom stereocenters. The zero-order valence-electron chi connectivity index (χ0n) is 19.1. The van der Waals surface area contributed by atoms with Gasteiger partial charge in [0.1, 0.15) is 11.6 Å². The lowest BCUT2D eigenvalue weighted by molar-refractivity contribution is -0.137. The molecule has 1 aromatic heterocycles. The molecule has 0 saturated carbocycles. The van der Waals surface area contributed by atoms with Crippen LogP contribution in [0.4, 0.5) is 23.4 Å². The number of nitrogens with one attached hydrogen (secondary N) is 1. The van der Waals surface area contributed by atoms with E-state index in [9.17, 15) is 17.6 Å². The maximum Gasteiger partial charge on any atom is 0.416 e. The summed E-state index contributed by atoms with van der Waals surface area (Å²) in [5, 5.41) is 4.38. The Kier molecular flexibility index (Phi) is 7.23. The van der Waals surface area contributed by atoms with Gasteiger partial charge in [0.05, 0.1) is 16.1 Å². The highest BCUT2D eigenvalue weighted by Gasteiger charge is 2.31. The smallest absolute Gasteiger partial charge is 0.359 e. The molecule has 3 aromatic carbocycles. The van der Waals surface area contributed by atoms with Crippen LogP contribution in [0.5, 0.6) is 0 Å². The van der Waals surface area contributed by atoms with Crippen molar-refractivity contribution in [3.8, 4) is 22.5 Å². The minimum Gasteiger partial charge on any atom is -0.359 e. The van der Waals surface area contributed by atoms with Crippen molar-refractivity contribution in [1.82, 2.24) is 15.3 Å². The van der Waals surface area contributed by atoms with Crippen molar-refractivity contribution in [1.29, 1.82) is 0 Å². The molecule has 0 bridgehead atoms. The van der Waals surface area contributed by atoms with E-state index in [-0.39, 0.29) is 5.56 Å². The average Bonchev–Trinajstić information content (AvgIpc) is 2.83. The van der Waals surface area contributed by atoms with Crippen molar-refractivity contribution >= 4 is 28.3 Å². The number of fused-ring (bicyclic) bond motifs is 1. The van der Waals surface area contributed by atoms with Crippen molar-refractivity contribution in [2.75, 3.05) is 32.1 Å². The van der Waals surface area contributed by atoms with Crippen LogP contribution in [0.3, 0.4) is 0 Å². The van der Waals surface area contributed by atoms with Gasteiger partial charge in [-0.1, -0.05) is 35.9 Å². The first-order valence-electron chi connectivity index (χ1n) is 11.0. The molecule has 0 aliphatic carbocycles. The lowest BCUT2D eigenvalue weighted by Gasteiger charge is -2.21. The van der Waals surface area contributed by atoms with Crippen molar-refractivity contribution in [3.05, 3.63) is 77.1 Å². The van der Waals surface area contributed by atoms with Gasteiger partial charge in [0.2, 0.25) is 0 Å². The topological polar surface area (TPSA) is 41.0 Å². The van der Waals surface area contributed by atoms with Gasteiger partial charge >= 0.3 is 6.18 Å². The first kappa shape index (κ1) is 24.9. The zero-order chi connectivity index (χ0) is 25.2. The van der Waals surface area contributed by atoms with Crippen LogP contribution in [0.15, 0.2) is 60.7 Å². The average molecular weight is 503 g/mol. The molecule has 0 spiro atoms. The Balaban J connectivity index is 1.81. The van der Waals surface area contributed by atoms with Crippen LogP contribution < -0.4 is 10.2 Å². The Morgan fingerprint density at radius 2 is 1.69 bits per heavy atom. The van der Waals surface area contributed by atoms with Gasteiger partial charge in [-0.2, -0.15) is 13.2 Å². The summed E-state index contributed by atoms with van der Waals surface area (Å²) in [5.74, 6) is 0.105. The molecule has 0 aliphatic heterocycles. The summed E-state index contributed by atoms with van der Waals surface area (Å²) in [5.41, 5.74) is 0.635. The van der Waals surface area contributed by atoms with E-state index in [0.717, 1.165) is 37.0 Å². The molecule has 0 aliphatic rings. The monoisotopic (exact) mass is 502 g/mol. The fraction of sp³-hybridized carbons (Fsp3) is 0.231. The standard InChI is InChI=1S/C26H23ClF4N4/c1-32-10-5-11-35(2)25-21-8-4-9-22(27)23(21)33-24(34-25)17-7-3-6-16(12-17)18-13-19(26(29,30)31)15-20(28)14-18/h3-4,6-9,12-15,32H,5,10-11H2,1-2H3. The minimum atomic E-state index is -4.65. The lowest BCUT2D eigenvalue weighted by atomic mass is 10.00. The molecule has 1 heterocycles. The highest BCUT2D eigenvalue weighted by atomic mass is 35.5. The molecule has 35 heavy (non-hydrogen) atoms. The number of rotatable bonds is 7. The summed E-state index contributed by atoms with van der Waals surface area (Å²) in [6.07, 6.45) is -3.76. The molecular weight excluding hydrogens is 480 g/mol. The normalized spacial score (nSPS) is 11.7. The van der Waals surface area contributed by atoms with Crippen molar-refractivity contribution in [3.63, 3.8) is 0 Å². The van der Waals surface area contributed by atoms with E-state index in [4.69, 9.17) is 16.6 Å². The molecule has 0 atom stereocenters. The van der Waals surface area contributed by atoms with E-state index in [1.54, 1.807) is 30.3 Å². The first-order chi connectivity index (χ1) is 16.7. The molecule has 1 N–H and O–H groups in total. The van der Waals surface area contributed by atoms with Gasteiger partial charge in [0.15, 0.2) is 5.82 Å². The van der Waals surface area contributed by atoms with E-state index in [1.165, 1.54) is 0 Å². The van der Waals surface area contributed by atoms with Crippen LogP contribution in [0.25, 0.3) is 33.4 Å². The Morgan fingerprint density at radius 3 is 2.43 bits per heavy atom. The maximum absolute atomic E-state index is 14.0. The molecule has 4 aromatic rings. The van der Waals surface area contributed by atoms with E-state index in [2.05, 4.69) is 10.3 Å². The van der Waals surface area contributed by atoms with Crippen molar-refractivity contribution in [2.24, 2.45) is 0 Å². The first-order valence-corrected chi connectivity index (χ1v) is 11.4. The second kappa shape index (κ2) is 10.2. The lowest BCUT2D eigenvalue weighted by Crippen LogP contribution is -2.23. The molecule has 4 rings (SSSR count). The SMILES string of the molecule is CNCCCN(C)c1nc(-c2cccc(-c3cc(F)cc(C(F)(F)F)c3)c2)nc2c(Cl)cccc12. The zero-order valence-corrected chi connectivity index (χ0v) is 19.9. The number of hydrogen-bond acceptors (Lipinski definition) is 4. The van der Waals surface area contributed by atoms with Gasteiger partial charge in [-0.05, 0) is 67.5 Å². The largest absolute Gasteiger partial charge is 0.416 e. The second-order valence-corrected chi connectivity index (χ2v) is 8.60. The number of benzene rings is 3. The van der Waals surface area contributed by atoms with E-state index in [0.29, 0.717) is 39.4 Å². The highest BCUT2D eigenvalue weighted by Crippen LogP contribution is 2.35. The molecular formula is C26H23ClF4N4. The van der Waals surface area contributed by atoms with Crippen molar-refractivity contribution < 1.29 is 17.6 Å². The van der Waals surface area contributed by atoms with Gasteiger partial charge in [-0.3, -0.25) is 0 Å². The van der Waals surface area contributed by atoms with Crippen LogP contribution in [-0.2, 0) is 6.18 Å². The summed E-state index contributed by atoms with van der Waals surface area (Å²) < 4.78 is 53.7. The van der Waals surface area contributed by atoms with Crippen LogP contribution in [-0.4, -0.2) is 37.2 Å². The third-order valence-electron chi connectivity index (χ3n) is 5.62. The summed E-state index contributed by atoms with van der Waals surface area (Å²) in [4.78, 5) is 11.5. The summed E-state index contributed by atoms with van der Waals surface area (Å²) >= 11 is 6.46. The van der Waals surface area contributed by atoms with Gasteiger partial charge in [0, 0.05) is 24.5 Å². The number of halogens is 5. The van der Waals surface area contributed by atoms with E-state index >= 15 is 0 Å². The third-order valence-corrected chi connectivity index (χ3v) is 5.92. The van der Waals surface area contributed by atoms with Crippen LogP contribution in [0, 0.1) is 5.82 Å². The maximum atomic E-state index is 14.0. The molecule has 0 radical (unpaired) electrons. The van der Waals surface area contributed by atoms with Gasteiger partial charge in [-0.25, -0.2) is 14.4 Å². The fourth-order valence-electron chi connectivity index (χ4n) is 3.88.